The molecule has 1 saturated heterocycles. The van der Waals surface area contributed by atoms with Gasteiger partial charge in [-0.05, 0) is 34.5 Å². The first kappa shape index (κ1) is 16.0. The Labute approximate surface area is 131 Å². The standard InChI is InChI=1S/C14H13BrFNO3S/c1-2-7-17(10-6-8-21(19,20)9-10)14(18)13-11(15)4-3-5-12(13)16/h1,3-5,10H,6-9H2. The molecule has 1 aliphatic heterocycles. The maximum Gasteiger partial charge on any atom is 0.259 e. The molecule has 1 fully saturated rings. The van der Waals surface area contributed by atoms with Gasteiger partial charge < -0.3 is 4.90 Å². The van der Waals surface area contributed by atoms with E-state index in [4.69, 9.17) is 6.42 Å². The fraction of sp³-hybridized carbons (Fsp3) is 0.357. The maximum absolute atomic E-state index is 13.9. The molecule has 0 aliphatic carbocycles. The zero-order chi connectivity index (χ0) is 15.6. The molecule has 0 bridgehead atoms. The minimum atomic E-state index is -3.16. The second-order valence-electron chi connectivity index (χ2n) is 4.79. The molecule has 0 saturated carbocycles. The smallest absolute Gasteiger partial charge is 0.259 e. The highest BCUT2D eigenvalue weighted by atomic mass is 79.9. The summed E-state index contributed by atoms with van der Waals surface area (Å²) in [6, 6.07) is 3.69. The predicted octanol–water partition coefficient (Wildman–Crippen LogP) is 1.85. The van der Waals surface area contributed by atoms with Gasteiger partial charge in [0.25, 0.3) is 5.91 Å². The molecule has 1 aliphatic rings. The van der Waals surface area contributed by atoms with Crippen LogP contribution in [0.3, 0.4) is 0 Å². The molecular formula is C14H13BrFNO3S. The zero-order valence-electron chi connectivity index (χ0n) is 11.1. The summed E-state index contributed by atoms with van der Waals surface area (Å²) in [6.45, 7) is -0.0558. The van der Waals surface area contributed by atoms with E-state index in [-0.39, 0.29) is 23.6 Å². The van der Waals surface area contributed by atoms with Crippen molar-refractivity contribution in [1.29, 1.82) is 0 Å². The molecule has 0 spiro atoms. The van der Waals surface area contributed by atoms with E-state index in [9.17, 15) is 17.6 Å². The number of halogens is 2. The lowest BCUT2D eigenvalue weighted by molar-refractivity contribution is 0.0718. The molecule has 112 valence electrons. The molecule has 2 rings (SSSR count). The third-order valence-corrected chi connectivity index (χ3v) is 5.76. The third-order valence-electron chi connectivity index (χ3n) is 3.35. The number of amides is 1. The number of benzene rings is 1. The summed E-state index contributed by atoms with van der Waals surface area (Å²) in [7, 11) is -3.16. The van der Waals surface area contributed by atoms with Crippen LogP contribution in [0.2, 0.25) is 0 Å². The Balaban J connectivity index is 2.35. The SMILES string of the molecule is C#CCN(C(=O)c1c(F)cccc1Br)C1CCS(=O)(=O)C1. The lowest BCUT2D eigenvalue weighted by Gasteiger charge is -2.26. The van der Waals surface area contributed by atoms with Crippen molar-refractivity contribution in [2.45, 2.75) is 12.5 Å². The third kappa shape index (κ3) is 3.44. The van der Waals surface area contributed by atoms with E-state index >= 15 is 0 Å². The minimum absolute atomic E-state index is 0.0183. The Hall–Kier alpha value is -1.39. The molecule has 21 heavy (non-hydrogen) atoms. The summed E-state index contributed by atoms with van der Waals surface area (Å²) in [4.78, 5) is 13.8. The van der Waals surface area contributed by atoms with E-state index in [0.717, 1.165) is 0 Å². The highest BCUT2D eigenvalue weighted by Crippen LogP contribution is 2.25. The van der Waals surface area contributed by atoms with Gasteiger partial charge in [-0.15, -0.1) is 6.42 Å². The van der Waals surface area contributed by atoms with Crippen LogP contribution in [-0.4, -0.2) is 43.3 Å². The van der Waals surface area contributed by atoms with Crippen molar-refractivity contribution in [2.75, 3.05) is 18.1 Å². The normalized spacial score (nSPS) is 20.0. The Morgan fingerprint density at radius 2 is 2.24 bits per heavy atom. The van der Waals surface area contributed by atoms with Gasteiger partial charge in [0.1, 0.15) is 5.82 Å². The second-order valence-corrected chi connectivity index (χ2v) is 7.87. The lowest BCUT2D eigenvalue weighted by atomic mass is 10.1. The van der Waals surface area contributed by atoms with Gasteiger partial charge in [-0.25, -0.2) is 12.8 Å². The number of sulfone groups is 1. The first-order chi connectivity index (χ1) is 9.85. The van der Waals surface area contributed by atoms with Gasteiger partial charge in [-0.1, -0.05) is 12.0 Å². The largest absolute Gasteiger partial charge is 0.323 e. The van der Waals surface area contributed by atoms with Crippen LogP contribution in [0.25, 0.3) is 0 Å². The number of carbonyl (C=O) groups excluding carboxylic acids is 1. The summed E-state index contributed by atoms with van der Waals surface area (Å²) in [5.41, 5.74) is -0.128. The van der Waals surface area contributed by atoms with Crippen LogP contribution in [0.15, 0.2) is 22.7 Å². The van der Waals surface area contributed by atoms with E-state index in [2.05, 4.69) is 21.9 Å². The van der Waals surface area contributed by atoms with Crippen molar-refractivity contribution >= 4 is 31.7 Å². The van der Waals surface area contributed by atoms with Crippen LogP contribution in [0.4, 0.5) is 4.39 Å². The van der Waals surface area contributed by atoms with Crippen molar-refractivity contribution in [2.24, 2.45) is 0 Å². The van der Waals surface area contributed by atoms with Crippen LogP contribution < -0.4 is 0 Å². The molecule has 1 heterocycles. The van der Waals surface area contributed by atoms with Crippen LogP contribution in [0.5, 0.6) is 0 Å². The summed E-state index contributed by atoms with van der Waals surface area (Å²) in [6.07, 6.45) is 5.58. The first-order valence-corrected chi connectivity index (χ1v) is 8.86. The Morgan fingerprint density at radius 3 is 2.76 bits per heavy atom. The van der Waals surface area contributed by atoms with Crippen molar-refractivity contribution < 1.29 is 17.6 Å². The number of nitrogens with zero attached hydrogens (tertiary/aromatic N) is 1. The molecule has 1 amide bonds. The highest BCUT2D eigenvalue weighted by Gasteiger charge is 2.35. The van der Waals surface area contributed by atoms with E-state index in [1.807, 2.05) is 0 Å². The monoisotopic (exact) mass is 373 g/mol. The average Bonchev–Trinajstić information content (AvgIpc) is 2.75. The highest BCUT2D eigenvalue weighted by molar-refractivity contribution is 9.10. The van der Waals surface area contributed by atoms with Gasteiger partial charge >= 0.3 is 0 Å². The van der Waals surface area contributed by atoms with E-state index < -0.39 is 27.6 Å². The molecule has 1 unspecified atom stereocenters. The molecule has 1 atom stereocenters. The van der Waals surface area contributed by atoms with Crippen LogP contribution in [0.1, 0.15) is 16.8 Å². The second kappa shape index (κ2) is 6.16. The van der Waals surface area contributed by atoms with E-state index in [1.165, 1.54) is 17.0 Å². The van der Waals surface area contributed by atoms with Gasteiger partial charge in [0.05, 0.1) is 23.6 Å². The number of terminal acetylenes is 1. The van der Waals surface area contributed by atoms with Gasteiger partial charge in [0.15, 0.2) is 9.84 Å². The summed E-state index contributed by atoms with van der Waals surface area (Å²) in [5.74, 6) is 0.954. The van der Waals surface area contributed by atoms with Crippen molar-refractivity contribution in [3.8, 4) is 12.3 Å². The van der Waals surface area contributed by atoms with Gasteiger partial charge in [-0.3, -0.25) is 4.79 Å². The topological polar surface area (TPSA) is 54.5 Å². The molecule has 1 aromatic rings. The summed E-state index contributed by atoms with van der Waals surface area (Å²) in [5, 5.41) is 0. The van der Waals surface area contributed by atoms with Gasteiger partial charge in [0, 0.05) is 10.5 Å². The molecule has 1 aromatic carbocycles. The lowest BCUT2D eigenvalue weighted by Crippen LogP contribution is -2.41. The van der Waals surface area contributed by atoms with E-state index in [0.29, 0.717) is 10.9 Å². The average molecular weight is 374 g/mol. The van der Waals surface area contributed by atoms with Crippen LogP contribution in [0, 0.1) is 18.2 Å². The Morgan fingerprint density at radius 1 is 1.52 bits per heavy atom. The zero-order valence-corrected chi connectivity index (χ0v) is 13.5. The van der Waals surface area contributed by atoms with Gasteiger partial charge in [0.2, 0.25) is 0 Å². The number of hydrogen-bond donors (Lipinski definition) is 0. The molecular weight excluding hydrogens is 361 g/mol. The molecule has 4 nitrogen and oxygen atoms in total. The quantitative estimate of drug-likeness (QED) is 0.759. The Kier molecular flexibility index (Phi) is 4.69. The fourth-order valence-electron chi connectivity index (χ4n) is 2.33. The Bertz CT molecular complexity index is 691. The molecule has 0 radical (unpaired) electrons. The fourth-order valence-corrected chi connectivity index (χ4v) is 4.57. The van der Waals surface area contributed by atoms with Crippen molar-refractivity contribution in [3.05, 3.63) is 34.1 Å². The molecule has 0 aromatic heterocycles. The summed E-state index contributed by atoms with van der Waals surface area (Å²) >= 11 is 3.14. The van der Waals surface area contributed by atoms with Crippen LogP contribution >= 0.6 is 15.9 Å². The maximum atomic E-state index is 13.9. The molecule has 0 N–H and O–H groups in total. The van der Waals surface area contributed by atoms with Crippen LogP contribution in [-0.2, 0) is 9.84 Å². The van der Waals surface area contributed by atoms with Crippen molar-refractivity contribution in [3.63, 3.8) is 0 Å². The minimum Gasteiger partial charge on any atom is -0.323 e. The molecule has 7 heteroatoms. The summed E-state index contributed by atoms with van der Waals surface area (Å²) < 4.78 is 37.3. The first-order valence-electron chi connectivity index (χ1n) is 6.24. The van der Waals surface area contributed by atoms with Gasteiger partial charge in [-0.2, -0.15) is 0 Å². The predicted molar refractivity (Wildman–Crippen MR) is 81.0 cm³/mol. The van der Waals surface area contributed by atoms with Crippen molar-refractivity contribution in [1.82, 2.24) is 4.90 Å². The number of rotatable bonds is 3. The number of carbonyl (C=O) groups is 1. The van der Waals surface area contributed by atoms with E-state index in [1.54, 1.807) is 6.07 Å². The number of hydrogen-bond acceptors (Lipinski definition) is 3.